The highest BCUT2D eigenvalue weighted by molar-refractivity contribution is 8.00. The van der Waals surface area contributed by atoms with E-state index in [1.807, 2.05) is 0 Å². The Morgan fingerprint density at radius 2 is 2.08 bits per heavy atom. The third-order valence-electron chi connectivity index (χ3n) is 4.21. The number of benzene rings is 1. The maximum atomic E-state index is 12.9. The van der Waals surface area contributed by atoms with Gasteiger partial charge in [-0.3, -0.25) is 4.79 Å². The molecular weight excluding hydrogens is 357 g/mol. The summed E-state index contributed by atoms with van der Waals surface area (Å²) in [6.07, 6.45) is 4.96. The molecule has 0 atom stereocenters. The van der Waals surface area contributed by atoms with Gasteiger partial charge in [-0.1, -0.05) is 23.9 Å². The lowest BCUT2D eigenvalue weighted by molar-refractivity contribution is -0.118. The van der Waals surface area contributed by atoms with E-state index < -0.39 is 0 Å². The van der Waals surface area contributed by atoms with E-state index in [2.05, 4.69) is 15.3 Å². The van der Waals surface area contributed by atoms with Crippen LogP contribution in [0, 0.1) is 5.82 Å². The molecule has 1 amide bonds. The SMILES string of the molecule is O=C(CSc1ncnc2sc3c(c12)CCC3)NCc1ccc(F)cc1. The highest BCUT2D eigenvalue weighted by Crippen LogP contribution is 2.39. The van der Waals surface area contributed by atoms with E-state index in [4.69, 9.17) is 0 Å². The molecule has 0 fully saturated rings. The Kier molecular flexibility index (Phi) is 4.67. The maximum Gasteiger partial charge on any atom is 0.230 e. The van der Waals surface area contributed by atoms with Crippen LogP contribution in [0.5, 0.6) is 0 Å². The largest absolute Gasteiger partial charge is 0.351 e. The topological polar surface area (TPSA) is 54.9 Å². The quantitative estimate of drug-likeness (QED) is 0.547. The number of fused-ring (bicyclic) bond motifs is 3. The average Bonchev–Trinajstić information content (AvgIpc) is 3.20. The monoisotopic (exact) mass is 373 g/mol. The zero-order chi connectivity index (χ0) is 17.2. The average molecular weight is 373 g/mol. The van der Waals surface area contributed by atoms with Crippen molar-refractivity contribution in [2.45, 2.75) is 30.8 Å². The standard InChI is InChI=1S/C18H16FN3OS2/c19-12-6-4-11(5-7-12)8-20-15(23)9-24-17-16-13-2-1-3-14(13)25-18(16)22-10-21-17/h4-7,10H,1-3,8-9H2,(H,20,23). The first-order valence-corrected chi connectivity index (χ1v) is 9.90. The van der Waals surface area contributed by atoms with Gasteiger partial charge >= 0.3 is 0 Å². The molecule has 128 valence electrons. The van der Waals surface area contributed by atoms with Crippen molar-refractivity contribution in [1.29, 1.82) is 0 Å². The van der Waals surface area contributed by atoms with Gasteiger partial charge in [0.15, 0.2) is 0 Å². The van der Waals surface area contributed by atoms with E-state index in [-0.39, 0.29) is 11.7 Å². The highest BCUT2D eigenvalue weighted by atomic mass is 32.2. The minimum atomic E-state index is -0.276. The van der Waals surface area contributed by atoms with Crippen LogP contribution in [0.15, 0.2) is 35.6 Å². The number of hydrogen-bond acceptors (Lipinski definition) is 5. The Hall–Kier alpha value is -1.99. The van der Waals surface area contributed by atoms with Crippen molar-refractivity contribution in [3.63, 3.8) is 0 Å². The molecule has 0 bridgehead atoms. The number of aryl methyl sites for hydroxylation is 2. The molecule has 0 saturated heterocycles. The second-order valence-electron chi connectivity index (χ2n) is 5.91. The van der Waals surface area contributed by atoms with Crippen molar-refractivity contribution in [1.82, 2.24) is 15.3 Å². The number of nitrogens with zero attached hydrogens (tertiary/aromatic N) is 2. The molecule has 0 unspecified atom stereocenters. The van der Waals surface area contributed by atoms with Crippen LogP contribution in [0.4, 0.5) is 4.39 Å². The highest BCUT2D eigenvalue weighted by Gasteiger charge is 2.21. The van der Waals surface area contributed by atoms with Gasteiger partial charge in [0.1, 0.15) is 22.0 Å². The minimum absolute atomic E-state index is 0.0621. The number of carbonyl (C=O) groups excluding carboxylic acids is 1. The second-order valence-corrected chi connectivity index (χ2v) is 7.96. The Labute approximate surface area is 152 Å². The van der Waals surface area contributed by atoms with Crippen molar-refractivity contribution >= 4 is 39.2 Å². The number of aromatic nitrogens is 2. The molecule has 0 radical (unpaired) electrons. The van der Waals surface area contributed by atoms with Crippen LogP contribution in [0.25, 0.3) is 10.2 Å². The summed E-state index contributed by atoms with van der Waals surface area (Å²) in [6.45, 7) is 0.396. The number of hydrogen-bond donors (Lipinski definition) is 1. The van der Waals surface area contributed by atoms with Crippen LogP contribution in [0.1, 0.15) is 22.4 Å². The third kappa shape index (κ3) is 3.52. The fourth-order valence-electron chi connectivity index (χ4n) is 3.00. The lowest BCUT2D eigenvalue weighted by atomic mass is 10.2. The van der Waals surface area contributed by atoms with Crippen LogP contribution in [-0.4, -0.2) is 21.6 Å². The van der Waals surface area contributed by atoms with Crippen LogP contribution < -0.4 is 5.32 Å². The zero-order valence-corrected chi connectivity index (χ0v) is 15.1. The predicted octanol–water partition coefficient (Wildman–Crippen LogP) is 3.73. The molecule has 4 rings (SSSR count). The van der Waals surface area contributed by atoms with Gasteiger partial charge in [0.2, 0.25) is 5.91 Å². The summed E-state index contributed by atoms with van der Waals surface area (Å²) < 4.78 is 12.9. The van der Waals surface area contributed by atoms with E-state index in [9.17, 15) is 9.18 Å². The van der Waals surface area contributed by atoms with Gasteiger partial charge in [-0.15, -0.1) is 11.3 Å². The van der Waals surface area contributed by atoms with Gasteiger partial charge in [0.25, 0.3) is 0 Å². The molecule has 1 aliphatic carbocycles. The summed E-state index contributed by atoms with van der Waals surface area (Å²) in [5, 5.41) is 4.89. The molecule has 3 aromatic rings. The fraction of sp³-hybridized carbons (Fsp3) is 0.278. The third-order valence-corrected chi connectivity index (χ3v) is 6.40. The molecule has 0 saturated carbocycles. The molecule has 0 aliphatic heterocycles. The summed E-state index contributed by atoms with van der Waals surface area (Å²) in [5.41, 5.74) is 2.25. The van der Waals surface area contributed by atoms with Crippen molar-refractivity contribution < 1.29 is 9.18 Å². The number of nitrogens with one attached hydrogen (secondary N) is 1. The predicted molar refractivity (Wildman–Crippen MR) is 98.4 cm³/mol. The molecule has 7 heteroatoms. The van der Waals surface area contributed by atoms with E-state index in [0.717, 1.165) is 33.6 Å². The van der Waals surface area contributed by atoms with Crippen molar-refractivity contribution in [3.05, 3.63) is 52.4 Å². The summed E-state index contributed by atoms with van der Waals surface area (Å²) in [5.74, 6) is -0.0348. The van der Waals surface area contributed by atoms with Gasteiger partial charge in [-0.2, -0.15) is 0 Å². The summed E-state index contributed by atoms with van der Waals surface area (Å²) >= 11 is 3.20. The molecule has 4 nitrogen and oxygen atoms in total. The lowest BCUT2D eigenvalue weighted by Gasteiger charge is -2.06. The van der Waals surface area contributed by atoms with Crippen LogP contribution >= 0.6 is 23.1 Å². The molecule has 1 aliphatic rings. The van der Waals surface area contributed by atoms with Crippen LogP contribution in [-0.2, 0) is 24.2 Å². The molecule has 2 aromatic heterocycles. The summed E-state index contributed by atoms with van der Waals surface area (Å²) in [6, 6.07) is 6.13. The summed E-state index contributed by atoms with van der Waals surface area (Å²) in [7, 11) is 0. The number of halogens is 1. The van der Waals surface area contributed by atoms with Crippen molar-refractivity contribution in [2.75, 3.05) is 5.75 Å². The van der Waals surface area contributed by atoms with Gasteiger partial charge in [0.05, 0.1) is 5.75 Å². The van der Waals surface area contributed by atoms with Gasteiger partial charge in [0, 0.05) is 16.8 Å². The second kappa shape index (κ2) is 7.09. The first kappa shape index (κ1) is 16.5. The Morgan fingerprint density at radius 1 is 1.24 bits per heavy atom. The number of rotatable bonds is 5. The molecule has 1 N–H and O–H groups in total. The Morgan fingerprint density at radius 3 is 2.92 bits per heavy atom. The van der Waals surface area contributed by atoms with Crippen molar-refractivity contribution in [2.24, 2.45) is 0 Å². The Bertz CT molecular complexity index is 924. The van der Waals surface area contributed by atoms with E-state index in [0.29, 0.717) is 12.3 Å². The number of thioether (sulfide) groups is 1. The Balaban J connectivity index is 1.40. The minimum Gasteiger partial charge on any atom is -0.351 e. The molecule has 0 spiro atoms. The maximum absolute atomic E-state index is 12.9. The van der Waals surface area contributed by atoms with Crippen molar-refractivity contribution in [3.8, 4) is 0 Å². The number of amides is 1. The molecule has 2 heterocycles. The molecule has 25 heavy (non-hydrogen) atoms. The molecule has 1 aromatic carbocycles. The van der Waals surface area contributed by atoms with Gasteiger partial charge in [-0.05, 0) is 42.5 Å². The van der Waals surface area contributed by atoms with Gasteiger partial charge in [-0.25, -0.2) is 14.4 Å². The van der Waals surface area contributed by atoms with E-state index in [1.165, 1.54) is 40.8 Å². The number of carbonyl (C=O) groups is 1. The summed E-state index contributed by atoms with van der Waals surface area (Å²) in [4.78, 5) is 23.3. The normalized spacial score (nSPS) is 13.2. The number of thiophene rings is 1. The van der Waals surface area contributed by atoms with E-state index in [1.54, 1.807) is 29.8 Å². The molecular formula is C18H16FN3OS2. The fourth-order valence-corrected chi connectivity index (χ4v) is 5.15. The van der Waals surface area contributed by atoms with Gasteiger partial charge < -0.3 is 5.32 Å². The van der Waals surface area contributed by atoms with E-state index >= 15 is 0 Å². The zero-order valence-electron chi connectivity index (χ0n) is 13.4. The van der Waals surface area contributed by atoms with Crippen LogP contribution in [0.2, 0.25) is 0 Å². The lowest BCUT2D eigenvalue weighted by Crippen LogP contribution is -2.24. The smallest absolute Gasteiger partial charge is 0.230 e. The first-order chi connectivity index (χ1) is 12.2. The van der Waals surface area contributed by atoms with Crippen LogP contribution in [0.3, 0.4) is 0 Å². The first-order valence-electron chi connectivity index (χ1n) is 8.10.